The van der Waals surface area contributed by atoms with Gasteiger partial charge in [-0.25, -0.2) is 0 Å². The van der Waals surface area contributed by atoms with Crippen molar-refractivity contribution in [3.63, 3.8) is 0 Å². The van der Waals surface area contributed by atoms with Crippen LogP contribution in [0.25, 0.3) is 0 Å². The van der Waals surface area contributed by atoms with Gasteiger partial charge < -0.3 is 19.7 Å². The molecule has 5 nitrogen and oxygen atoms in total. The lowest BCUT2D eigenvalue weighted by molar-refractivity contribution is 0.0642. The predicted molar refractivity (Wildman–Crippen MR) is 96.4 cm³/mol. The number of piperidine rings is 1. The molecule has 0 aliphatic carbocycles. The van der Waals surface area contributed by atoms with Crippen LogP contribution in [-0.4, -0.2) is 50.2 Å². The second-order valence-electron chi connectivity index (χ2n) is 5.90. The molecule has 1 aliphatic heterocycles. The number of nitrogens with one attached hydrogen (secondary N) is 1. The maximum Gasteiger partial charge on any atom is 0.254 e. The van der Waals surface area contributed by atoms with Gasteiger partial charge in [-0.15, -0.1) is 0 Å². The van der Waals surface area contributed by atoms with Crippen LogP contribution in [-0.2, 0) is 0 Å². The quantitative estimate of drug-likeness (QED) is 0.815. The van der Waals surface area contributed by atoms with Crippen molar-refractivity contribution in [2.45, 2.75) is 39.2 Å². The first-order valence-electron chi connectivity index (χ1n) is 8.64. The molecule has 2 rings (SSSR count). The van der Waals surface area contributed by atoms with Crippen LogP contribution in [0, 0.1) is 0 Å². The van der Waals surface area contributed by atoms with Crippen molar-refractivity contribution in [3.8, 4) is 11.5 Å². The van der Waals surface area contributed by atoms with Crippen LogP contribution in [0.3, 0.4) is 0 Å². The number of methoxy groups -OCH3 is 1. The van der Waals surface area contributed by atoms with Gasteiger partial charge in [0.25, 0.3) is 5.91 Å². The van der Waals surface area contributed by atoms with Gasteiger partial charge in [-0.3, -0.25) is 4.79 Å². The third kappa shape index (κ3) is 4.33. The number of amides is 1. The molecule has 0 aromatic heterocycles. The van der Waals surface area contributed by atoms with Crippen molar-refractivity contribution in [3.05, 3.63) is 22.7 Å². The van der Waals surface area contributed by atoms with Crippen molar-refractivity contribution in [1.29, 1.82) is 0 Å². The highest BCUT2D eigenvalue weighted by Gasteiger charge is 2.27. The molecular formula is C18H27ClN2O3. The van der Waals surface area contributed by atoms with Gasteiger partial charge in [0, 0.05) is 18.2 Å². The number of benzene rings is 1. The van der Waals surface area contributed by atoms with Crippen molar-refractivity contribution in [1.82, 2.24) is 10.2 Å². The van der Waals surface area contributed by atoms with Gasteiger partial charge in [0.1, 0.15) is 0 Å². The summed E-state index contributed by atoms with van der Waals surface area (Å²) >= 11 is 6.32. The molecule has 1 amide bonds. The largest absolute Gasteiger partial charge is 0.493 e. The summed E-state index contributed by atoms with van der Waals surface area (Å²) in [5.74, 6) is 0.989. The van der Waals surface area contributed by atoms with E-state index in [-0.39, 0.29) is 11.9 Å². The van der Waals surface area contributed by atoms with E-state index in [0.29, 0.717) is 28.7 Å². The maximum absolute atomic E-state index is 13.1. The highest BCUT2D eigenvalue weighted by molar-refractivity contribution is 6.32. The molecule has 0 bridgehead atoms. The van der Waals surface area contributed by atoms with E-state index in [2.05, 4.69) is 12.2 Å². The summed E-state index contributed by atoms with van der Waals surface area (Å²) in [6, 6.07) is 3.68. The Hall–Kier alpha value is -1.46. The lowest BCUT2D eigenvalue weighted by atomic mass is 10.0. The summed E-state index contributed by atoms with van der Waals surface area (Å²) < 4.78 is 10.9. The van der Waals surface area contributed by atoms with E-state index >= 15 is 0 Å². The third-order valence-corrected chi connectivity index (χ3v) is 4.52. The lowest BCUT2D eigenvalue weighted by Crippen LogP contribution is -2.46. The van der Waals surface area contributed by atoms with Crippen LogP contribution in [0.5, 0.6) is 11.5 Å². The molecule has 0 saturated carbocycles. The standard InChI is InChI=1S/C18H27ClN2O3/c1-4-10-21(14-6-8-20-9-7-14)18(22)13-11-15(19)17(24-5-2)16(12-13)23-3/h11-12,14,20H,4-10H2,1-3H3. The maximum atomic E-state index is 13.1. The molecule has 1 aromatic rings. The first-order chi connectivity index (χ1) is 11.6. The Labute approximate surface area is 149 Å². The molecule has 1 aliphatic rings. The van der Waals surface area contributed by atoms with Crippen molar-refractivity contribution in [2.24, 2.45) is 0 Å². The van der Waals surface area contributed by atoms with E-state index in [1.54, 1.807) is 19.2 Å². The minimum absolute atomic E-state index is 0.00648. The molecule has 24 heavy (non-hydrogen) atoms. The van der Waals surface area contributed by atoms with Crippen LogP contribution in [0.4, 0.5) is 0 Å². The summed E-state index contributed by atoms with van der Waals surface area (Å²) in [6.07, 6.45) is 2.89. The van der Waals surface area contributed by atoms with E-state index in [4.69, 9.17) is 21.1 Å². The van der Waals surface area contributed by atoms with Gasteiger partial charge >= 0.3 is 0 Å². The number of carbonyl (C=O) groups excluding carboxylic acids is 1. The van der Waals surface area contributed by atoms with E-state index in [1.807, 2.05) is 11.8 Å². The average Bonchev–Trinajstić information content (AvgIpc) is 2.61. The molecule has 0 unspecified atom stereocenters. The Balaban J connectivity index is 2.29. The molecule has 0 spiro atoms. The topological polar surface area (TPSA) is 50.8 Å². The normalized spacial score (nSPS) is 15.2. The number of carbonyl (C=O) groups is 1. The molecule has 1 aromatic carbocycles. The first kappa shape index (κ1) is 18.9. The van der Waals surface area contributed by atoms with Gasteiger partial charge in [0.2, 0.25) is 0 Å². The summed E-state index contributed by atoms with van der Waals surface area (Å²) in [7, 11) is 1.55. The van der Waals surface area contributed by atoms with E-state index in [0.717, 1.165) is 38.9 Å². The first-order valence-corrected chi connectivity index (χ1v) is 9.02. The summed E-state index contributed by atoms with van der Waals surface area (Å²) in [5, 5.41) is 3.75. The zero-order chi connectivity index (χ0) is 17.5. The average molecular weight is 355 g/mol. The minimum Gasteiger partial charge on any atom is -0.493 e. The van der Waals surface area contributed by atoms with E-state index < -0.39 is 0 Å². The van der Waals surface area contributed by atoms with Gasteiger partial charge in [-0.05, 0) is 51.4 Å². The van der Waals surface area contributed by atoms with Gasteiger partial charge in [-0.1, -0.05) is 18.5 Å². The Morgan fingerprint density at radius 1 is 1.33 bits per heavy atom. The molecule has 6 heteroatoms. The molecule has 1 N–H and O–H groups in total. The summed E-state index contributed by atoms with van der Waals surface area (Å²) in [4.78, 5) is 15.1. The van der Waals surface area contributed by atoms with Crippen LogP contribution in [0.15, 0.2) is 12.1 Å². The molecule has 1 heterocycles. The lowest BCUT2D eigenvalue weighted by Gasteiger charge is -2.34. The SMILES string of the molecule is CCCN(C(=O)c1cc(Cl)c(OCC)c(OC)c1)C1CCNCC1. The highest BCUT2D eigenvalue weighted by Crippen LogP contribution is 2.37. The van der Waals surface area contributed by atoms with Crippen molar-refractivity contribution < 1.29 is 14.3 Å². The second kappa shape index (κ2) is 9.14. The van der Waals surface area contributed by atoms with Gasteiger partial charge in [-0.2, -0.15) is 0 Å². The smallest absolute Gasteiger partial charge is 0.254 e. The number of ether oxygens (including phenoxy) is 2. The highest BCUT2D eigenvalue weighted by atomic mass is 35.5. The molecule has 0 radical (unpaired) electrons. The monoisotopic (exact) mass is 354 g/mol. The van der Waals surface area contributed by atoms with Gasteiger partial charge in [0.15, 0.2) is 11.5 Å². The fourth-order valence-corrected chi connectivity index (χ4v) is 3.37. The van der Waals surface area contributed by atoms with Crippen LogP contribution >= 0.6 is 11.6 Å². The third-order valence-electron chi connectivity index (χ3n) is 4.24. The Bertz CT molecular complexity index is 559. The number of halogens is 1. The van der Waals surface area contributed by atoms with Crippen LogP contribution < -0.4 is 14.8 Å². The number of rotatable bonds is 7. The van der Waals surface area contributed by atoms with Crippen molar-refractivity contribution >= 4 is 17.5 Å². The minimum atomic E-state index is 0.00648. The predicted octanol–water partition coefficient (Wildman–Crippen LogP) is 3.35. The molecule has 134 valence electrons. The number of hydrogen-bond acceptors (Lipinski definition) is 4. The summed E-state index contributed by atoms with van der Waals surface area (Å²) in [5.41, 5.74) is 0.548. The Morgan fingerprint density at radius 2 is 2.04 bits per heavy atom. The molecular weight excluding hydrogens is 328 g/mol. The van der Waals surface area contributed by atoms with Gasteiger partial charge in [0.05, 0.1) is 18.7 Å². The van der Waals surface area contributed by atoms with Crippen LogP contribution in [0.1, 0.15) is 43.5 Å². The molecule has 0 atom stereocenters. The summed E-state index contributed by atoms with van der Waals surface area (Å²) in [6.45, 7) is 7.11. The van der Waals surface area contributed by atoms with Crippen molar-refractivity contribution in [2.75, 3.05) is 33.4 Å². The fourth-order valence-electron chi connectivity index (χ4n) is 3.10. The molecule has 1 saturated heterocycles. The zero-order valence-electron chi connectivity index (χ0n) is 14.7. The number of hydrogen-bond donors (Lipinski definition) is 1. The number of nitrogens with zero attached hydrogens (tertiary/aromatic N) is 1. The second-order valence-corrected chi connectivity index (χ2v) is 6.31. The zero-order valence-corrected chi connectivity index (χ0v) is 15.5. The fraction of sp³-hybridized carbons (Fsp3) is 0.611. The molecule has 1 fully saturated rings. The Morgan fingerprint density at radius 3 is 2.62 bits per heavy atom. The van der Waals surface area contributed by atoms with E-state index in [1.165, 1.54) is 0 Å². The van der Waals surface area contributed by atoms with Crippen LogP contribution in [0.2, 0.25) is 5.02 Å². The van der Waals surface area contributed by atoms with E-state index in [9.17, 15) is 4.79 Å². The Kier molecular flexibility index (Phi) is 7.18.